The predicted molar refractivity (Wildman–Crippen MR) is 204 cm³/mol. The number of sulfonamides is 1. The molecule has 10 heteroatoms. The fourth-order valence-electron chi connectivity index (χ4n) is 9.99. The third-order valence-electron chi connectivity index (χ3n) is 12.0. The molecule has 0 saturated heterocycles. The molecule has 5 saturated carbocycles. The van der Waals surface area contributed by atoms with Gasteiger partial charge in [0.15, 0.2) is 0 Å². The molecule has 0 spiro atoms. The number of rotatable bonds is 12. The molecule has 0 aromatic heterocycles. The van der Waals surface area contributed by atoms with E-state index in [0.717, 1.165) is 61.7 Å². The Balaban J connectivity index is 1.19. The lowest BCUT2D eigenvalue weighted by Crippen LogP contribution is -2.55. The first-order valence-electron chi connectivity index (χ1n) is 18.6. The van der Waals surface area contributed by atoms with Crippen LogP contribution in [0.5, 0.6) is 0 Å². The molecule has 1 atom stereocenters. The summed E-state index contributed by atoms with van der Waals surface area (Å²) < 4.78 is 28.1. The number of carbonyl (C=O) groups is 2. The van der Waals surface area contributed by atoms with Gasteiger partial charge in [-0.05, 0) is 115 Å². The number of carbonyl (C=O) groups excluding carboxylic acids is 2. The molecule has 51 heavy (non-hydrogen) atoms. The summed E-state index contributed by atoms with van der Waals surface area (Å²) in [4.78, 5) is 30.4. The van der Waals surface area contributed by atoms with Gasteiger partial charge < -0.3 is 10.2 Å². The lowest BCUT2D eigenvalue weighted by atomic mass is 9.48. The molecule has 0 radical (unpaired) electrons. The van der Waals surface area contributed by atoms with Crippen molar-refractivity contribution >= 4 is 50.7 Å². The highest BCUT2D eigenvalue weighted by Crippen LogP contribution is 2.60. The minimum atomic E-state index is -3.87. The maximum atomic E-state index is 14.6. The summed E-state index contributed by atoms with van der Waals surface area (Å²) in [5, 5.41) is 3.97. The van der Waals surface area contributed by atoms with E-state index in [9.17, 15) is 18.0 Å². The van der Waals surface area contributed by atoms with Crippen LogP contribution in [0.15, 0.2) is 72.8 Å². The van der Waals surface area contributed by atoms with Crippen LogP contribution in [0.25, 0.3) is 0 Å². The second-order valence-electron chi connectivity index (χ2n) is 15.8. The summed E-state index contributed by atoms with van der Waals surface area (Å²) in [5.41, 5.74) is 3.49. The van der Waals surface area contributed by atoms with Crippen molar-refractivity contribution in [3.8, 4) is 0 Å². The number of hydrogen-bond acceptors (Lipinski definition) is 4. The van der Waals surface area contributed by atoms with Gasteiger partial charge in [0, 0.05) is 19.0 Å². The number of halogens is 2. The molecule has 0 unspecified atom stereocenters. The largest absolute Gasteiger partial charge is 0.352 e. The molecule has 1 N–H and O–H groups in total. The van der Waals surface area contributed by atoms with E-state index in [2.05, 4.69) is 17.4 Å². The number of benzene rings is 3. The standard InChI is InChI=1S/C41H49Cl2N3O4S/c1-51(49,50)46(35-15-13-33(14-16-35)41-23-30-18-31(24-41)20-32(19-30)25-41)27-39(47)45(26-29-12-17-36(42)37(43)21-29)38(22-28-8-4-2-5-9-28)40(48)44-34-10-6-3-7-11-34/h2,4-5,8-9,12-17,21,30-32,34,38H,3,6-7,10-11,18-20,22-27H2,1H3,(H,44,48)/t30?,31?,32?,38-,41?/m1/s1. The molecule has 4 bridgehead atoms. The first-order valence-corrected chi connectivity index (χ1v) is 21.2. The quantitative estimate of drug-likeness (QED) is 0.202. The van der Waals surface area contributed by atoms with E-state index in [1.54, 1.807) is 18.2 Å². The van der Waals surface area contributed by atoms with Gasteiger partial charge in [-0.1, -0.05) is 91.0 Å². The predicted octanol–water partition coefficient (Wildman–Crippen LogP) is 8.32. The molecular formula is C41H49Cl2N3O4S. The van der Waals surface area contributed by atoms with Gasteiger partial charge in [0.2, 0.25) is 21.8 Å². The lowest BCUT2D eigenvalue weighted by Gasteiger charge is -2.57. The van der Waals surface area contributed by atoms with Crippen molar-refractivity contribution in [2.45, 2.75) is 101 Å². The van der Waals surface area contributed by atoms with Crippen molar-refractivity contribution in [2.24, 2.45) is 17.8 Å². The summed E-state index contributed by atoms with van der Waals surface area (Å²) in [5.74, 6) is 1.66. The number of hydrogen-bond donors (Lipinski definition) is 1. The first kappa shape index (κ1) is 36.3. The van der Waals surface area contributed by atoms with E-state index in [1.807, 2.05) is 42.5 Å². The summed E-state index contributed by atoms with van der Waals surface area (Å²) in [6.45, 7) is -0.396. The van der Waals surface area contributed by atoms with Gasteiger partial charge in [0.1, 0.15) is 12.6 Å². The highest BCUT2D eigenvalue weighted by Gasteiger charge is 2.51. The second-order valence-corrected chi connectivity index (χ2v) is 18.6. The highest BCUT2D eigenvalue weighted by atomic mass is 35.5. The summed E-state index contributed by atoms with van der Waals surface area (Å²) in [6.07, 6.45) is 14.1. The SMILES string of the molecule is CS(=O)(=O)N(CC(=O)N(Cc1ccc(Cl)c(Cl)c1)[C@H](Cc1ccccc1)C(=O)NC1CCCCC1)c1ccc(C23CC4CC(CC(C4)C2)C3)cc1. The Hall–Kier alpha value is -3.07. The molecule has 3 aromatic rings. The van der Waals surface area contributed by atoms with Gasteiger partial charge >= 0.3 is 0 Å². The highest BCUT2D eigenvalue weighted by molar-refractivity contribution is 7.92. The van der Waals surface area contributed by atoms with Gasteiger partial charge in [-0.15, -0.1) is 0 Å². The van der Waals surface area contributed by atoms with Crippen LogP contribution in [0, 0.1) is 17.8 Å². The van der Waals surface area contributed by atoms with Crippen LogP contribution in [0.4, 0.5) is 5.69 Å². The lowest BCUT2D eigenvalue weighted by molar-refractivity contribution is -0.140. The van der Waals surface area contributed by atoms with E-state index < -0.39 is 28.5 Å². The second kappa shape index (κ2) is 15.1. The Morgan fingerprint density at radius 3 is 2.04 bits per heavy atom. The molecule has 5 fully saturated rings. The Morgan fingerprint density at radius 1 is 0.824 bits per heavy atom. The van der Waals surface area contributed by atoms with Crippen molar-refractivity contribution in [3.05, 3.63) is 99.5 Å². The molecule has 8 rings (SSSR count). The van der Waals surface area contributed by atoms with Crippen molar-refractivity contribution in [2.75, 3.05) is 17.1 Å². The third-order valence-corrected chi connectivity index (χ3v) is 13.9. The topological polar surface area (TPSA) is 86.8 Å². The van der Waals surface area contributed by atoms with Crippen LogP contribution in [-0.4, -0.2) is 50.0 Å². The zero-order valence-corrected chi connectivity index (χ0v) is 31.7. The normalized spacial score (nSPS) is 25.0. The molecular weight excluding hydrogens is 701 g/mol. The maximum Gasteiger partial charge on any atom is 0.244 e. The van der Waals surface area contributed by atoms with Crippen molar-refractivity contribution in [3.63, 3.8) is 0 Å². The number of nitrogens with zero attached hydrogens (tertiary/aromatic N) is 2. The van der Waals surface area contributed by atoms with Crippen LogP contribution in [-0.2, 0) is 38.0 Å². The average molecular weight is 751 g/mol. The van der Waals surface area contributed by atoms with Crippen LogP contribution in [0.3, 0.4) is 0 Å². The monoisotopic (exact) mass is 749 g/mol. The molecule has 0 heterocycles. The number of anilines is 1. The molecule has 3 aromatic carbocycles. The van der Waals surface area contributed by atoms with E-state index >= 15 is 0 Å². The van der Waals surface area contributed by atoms with Crippen LogP contribution >= 0.6 is 23.2 Å². The van der Waals surface area contributed by atoms with Crippen LogP contribution in [0.2, 0.25) is 10.0 Å². The first-order chi connectivity index (χ1) is 24.5. The average Bonchev–Trinajstić information content (AvgIpc) is 3.10. The zero-order chi connectivity index (χ0) is 35.8. The number of amides is 2. The Bertz CT molecular complexity index is 1790. The van der Waals surface area contributed by atoms with Gasteiger partial charge in [-0.2, -0.15) is 0 Å². The van der Waals surface area contributed by atoms with Gasteiger partial charge in [-0.3, -0.25) is 13.9 Å². The molecule has 0 aliphatic heterocycles. The molecule has 5 aliphatic carbocycles. The summed E-state index contributed by atoms with van der Waals surface area (Å²) >= 11 is 12.7. The number of nitrogens with one attached hydrogen (secondary N) is 1. The van der Waals surface area contributed by atoms with Crippen molar-refractivity contribution < 1.29 is 18.0 Å². The third kappa shape index (κ3) is 8.29. The Labute approximate surface area is 313 Å². The van der Waals surface area contributed by atoms with Crippen molar-refractivity contribution in [1.29, 1.82) is 0 Å². The van der Waals surface area contributed by atoms with E-state index in [4.69, 9.17) is 23.2 Å². The maximum absolute atomic E-state index is 14.6. The summed E-state index contributed by atoms with van der Waals surface area (Å²) in [7, 11) is -3.87. The molecule has 5 aliphatic rings. The van der Waals surface area contributed by atoms with Crippen LogP contribution < -0.4 is 9.62 Å². The molecule has 7 nitrogen and oxygen atoms in total. The Kier molecular flexibility index (Phi) is 10.8. The van der Waals surface area contributed by atoms with E-state index in [1.165, 1.54) is 53.3 Å². The Morgan fingerprint density at radius 2 is 1.45 bits per heavy atom. The minimum Gasteiger partial charge on any atom is -0.352 e. The van der Waals surface area contributed by atoms with E-state index in [-0.39, 0.29) is 30.3 Å². The molecule has 2 amide bonds. The van der Waals surface area contributed by atoms with Gasteiger partial charge in [0.25, 0.3) is 0 Å². The fourth-order valence-corrected chi connectivity index (χ4v) is 11.2. The minimum absolute atomic E-state index is 0.0338. The fraction of sp³-hybridized carbons (Fsp3) is 0.512. The van der Waals surface area contributed by atoms with E-state index in [0.29, 0.717) is 21.3 Å². The molecule has 272 valence electrons. The van der Waals surface area contributed by atoms with Crippen LogP contribution in [0.1, 0.15) is 87.3 Å². The summed E-state index contributed by atoms with van der Waals surface area (Å²) in [6, 6.07) is 21.8. The van der Waals surface area contributed by atoms with Gasteiger partial charge in [0.05, 0.1) is 22.0 Å². The van der Waals surface area contributed by atoms with Crippen molar-refractivity contribution in [1.82, 2.24) is 10.2 Å². The zero-order valence-electron chi connectivity index (χ0n) is 29.4. The van der Waals surface area contributed by atoms with Gasteiger partial charge in [-0.25, -0.2) is 8.42 Å². The smallest absolute Gasteiger partial charge is 0.244 e.